The number of hydrogen-bond acceptors (Lipinski definition) is 6. The molecule has 246 valence electrons. The number of benzene rings is 1. The number of likely N-dealkylation sites (tertiary alicyclic amines) is 1. The molecule has 1 aliphatic carbocycles. The van der Waals surface area contributed by atoms with Crippen molar-refractivity contribution in [1.29, 1.82) is 0 Å². The summed E-state index contributed by atoms with van der Waals surface area (Å²) in [6, 6.07) is 3.93. The number of aliphatic carboxylic acids is 1. The molecule has 1 aliphatic heterocycles. The van der Waals surface area contributed by atoms with Gasteiger partial charge in [-0.05, 0) is 55.1 Å². The molecule has 2 amide bonds. The van der Waals surface area contributed by atoms with Gasteiger partial charge in [-0.3, -0.25) is 9.59 Å². The lowest BCUT2D eigenvalue weighted by Crippen LogP contribution is -2.46. The first-order valence-corrected chi connectivity index (χ1v) is 15.0. The van der Waals surface area contributed by atoms with E-state index in [4.69, 9.17) is 14.9 Å². The molecule has 0 bridgehead atoms. The third-order valence-electron chi connectivity index (χ3n) is 7.50. The lowest BCUT2D eigenvalue weighted by atomic mass is 10.0. The minimum absolute atomic E-state index is 0.105. The van der Waals surface area contributed by atoms with Gasteiger partial charge in [-0.25, -0.2) is 14.6 Å². The second-order valence-electron chi connectivity index (χ2n) is 12.2. The van der Waals surface area contributed by atoms with Crippen LogP contribution in [-0.4, -0.2) is 69.3 Å². The van der Waals surface area contributed by atoms with E-state index >= 15 is 0 Å². The van der Waals surface area contributed by atoms with E-state index in [0.717, 1.165) is 24.7 Å². The molecular formula is C31H46F2N4O7. The number of halogens is 2. The number of carbonyl (C=O) groups excluding carboxylic acids is 1. The van der Waals surface area contributed by atoms with Gasteiger partial charge in [-0.2, -0.15) is 8.78 Å². The van der Waals surface area contributed by atoms with Gasteiger partial charge in [-0.1, -0.05) is 47.5 Å². The number of hydrogen-bond donors (Lipinski definition) is 4. The van der Waals surface area contributed by atoms with Crippen molar-refractivity contribution in [3.63, 3.8) is 0 Å². The van der Waals surface area contributed by atoms with Crippen LogP contribution in [0.5, 0.6) is 5.75 Å². The van der Waals surface area contributed by atoms with E-state index in [1.165, 1.54) is 18.4 Å². The number of rotatable bonds is 10. The number of nitrogens with one attached hydrogen (secondary N) is 2. The molecule has 2 heterocycles. The fourth-order valence-corrected chi connectivity index (χ4v) is 4.97. The van der Waals surface area contributed by atoms with E-state index in [-0.39, 0.29) is 18.9 Å². The summed E-state index contributed by atoms with van der Waals surface area (Å²) in [4.78, 5) is 52.3. The monoisotopic (exact) mass is 624 g/mol. The van der Waals surface area contributed by atoms with Crippen LogP contribution in [0.1, 0.15) is 78.8 Å². The molecule has 2 aromatic rings. The maximum atomic E-state index is 14.4. The fraction of sp³-hybridized carbons (Fsp3) is 0.645. The van der Waals surface area contributed by atoms with Crippen molar-refractivity contribution in [3.05, 3.63) is 34.2 Å². The molecule has 0 radical (unpaired) electrons. The molecule has 1 saturated carbocycles. The van der Waals surface area contributed by atoms with Crippen LogP contribution < -0.4 is 15.6 Å². The van der Waals surface area contributed by atoms with Gasteiger partial charge in [0.2, 0.25) is 5.91 Å². The Kier molecular flexibility index (Phi) is 13.5. The number of unbranched alkanes of at least 4 members (excludes halogenated alkanes) is 1. The largest absolute Gasteiger partial charge is 0.497 e. The molecule has 2 fully saturated rings. The topological polar surface area (TPSA) is 162 Å². The van der Waals surface area contributed by atoms with Crippen molar-refractivity contribution >= 4 is 29.0 Å². The number of methoxy groups -OCH3 is 1. The zero-order valence-corrected chi connectivity index (χ0v) is 26.4. The van der Waals surface area contributed by atoms with Crippen molar-refractivity contribution in [2.24, 2.45) is 23.7 Å². The van der Waals surface area contributed by atoms with Gasteiger partial charge in [-0.15, -0.1) is 0 Å². The smallest absolute Gasteiger partial charge is 0.405 e. The van der Waals surface area contributed by atoms with Gasteiger partial charge in [0.1, 0.15) is 18.3 Å². The molecule has 1 aromatic carbocycles. The number of carboxylic acid groups (broad SMARTS) is 2. The molecule has 4 atom stereocenters. The Labute approximate surface area is 256 Å². The first-order valence-electron chi connectivity index (χ1n) is 15.0. The highest BCUT2D eigenvalue weighted by atomic mass is 19.3. The van der Waals surface area contributed by atoms with E-state index in [0.29, 0.717) is 42.1 Å². The molecule has 1 saturated heterocycles. The van der Waals surface area contributed by atoms with Gasteiger partial charge < -0.3 is 30.2 Å². The quantitative estimate of drug-likeness (QED) is 0.253. The first-order chi connectivity index (χ1) is 20.6. The second kappa shape index (κ2) is 16.3. The van der Waals surface area contributed by atoms with Crippen molar-refractivity contribution in [2.75, 3.05) is 20.2 Å². The zero-order valence-electron chi connectivity index (χ0n) is 26.4. The standard InChI is InChI=1S/C18H22F2N2O2.C9H14N2O5.C4H10/c1-11-9-12(11)5-3-4-8-18(19,20)16-17(23)22-15-10-13(24-2)6-7-14(15)21-16;1-5-2-3-11(7(5)8(13)14)6(12)4-10-9(15)16;1-4(2)3/h6-7,10-12H,3-5,8-9H2,1-2H3,(H,22,23);5,7,10H,2-4H2,1H3,(H,13,14)(H,15,16);4H,1-3H3. The Morgan fingerprint density at radius 3 is 2.34 bits per heavy atom. The lowest BCUT2D eigenvalue weighted by Gasteiger charge is -2.23. The third-order valence-corrected chi connectivity index (χ3v) is 7.50. The van der Waals surface area contributed by atoms with E-state index in [2.05, 4.69) is 37.7 Å². The Morgan fingerprint density at radius 2 is 1.80 bits per heavy atom. The summed E-state index contributed by atoms with van der Waals surface area (Å²) in [5.41, 5.74) is -0.810. The SMILES string of the molecule is CC(C)C.CC1CCN(C(=O)CNC(=O)O)C1C(=O)O.COc1ccc2nc(C(F)(F)CCCCC3CC3C)c(=O)[nH]c2c1. The van der Waals surface area contributed by atoms with Gasteiger partial charge in [0.15, 0.2) is 5.69 Å². The van der Waals surface area contributed by atoms with E-state index in [9.17, 15) is 28.0 Å². The molecule has 11 nitrogen and oxygen atoms in total. The average Bonchev–Trinajstić information content (AvgIpc) is 3.50. The molecule has 0 spiro atoms. The normalized spacial score (nSPS) is 20.7. The molecule has 4 rings (SSSR count). The summed E-state index contributed by atoms with van der Waals surface area (Å²) >= 11 is 0. The summed E-state index contributed by atoms with van der Waals surface area (Å²) in [5.74, 6) is -2.05. The maximum absolute atomic E-state index is 14.4. The fourth-order valence-electron chi connectivity index (χ4n) is 4.97. The average molecular weight is 625 g/mol. The number of amides is 2. The number of carbonyl (C=O) groups is 3. The van der Waals surface area contributed by atoms with Crippen molar-refractivity contribution in [2.45, 2.75) is 85.1 Å². The van der Waals surface area contributed by atoms with Crippen LogP contribution in [0.3, 0.4) is 0 Å². The Bertz CT molecular complexity index is 1330. The van der Waals surface area contributed by atoms with Gasteiger partial charge >= 0.3 is 12.1 Å². The molecule has 4 unspecified atom stereocenters. The lowest BCUT2D eigenvalue weighted by molar-refractivity contribution is -0.149. The predicted molar refractivity (Wildman–Crippen MR) is 162 cm³/mol. The number of H-pyrrole nitrogens is 1. The Balaban J connectivity index is 0.000000292. The predicted octanol–water partition coefficient (Wildman–Crippen LogP) is 5.48. The van der Waals surface area contributed by atoms with Crippen molar-refractivity contribution in [1.82, 2.24) is 20.2 Å². The summed E-state index contributed by atoms with van der Waals surface area (Å²) in [6.45, 7) is 10.4. The van der Waals surface area contributed by atoms with Crippen LogP contribution in [0.15, 0.2) is 23.0 Å². The Morgan fingerprint density at radius 1 is 1.16 bits per heavy atom. The number of aromatic amines is 1. The van der Waals surface area contributed by atoms with Crippen LogP contribution in [0.2, 0.25) is 0 Å². The van der Waals surface area contributed by atoms with Crippen LogP contribution in [0.25, 0.3) is 11.0 Å². The van der Waals surface area contributed by atoms with Gasteiger partial charge in [0.25, 0.3) is 11.5 Å². The minimum Gasteiger partial charge on any atom is -0.497 e. The van der Waals surface area contributed by atoms with E-state index < -0.39 is 41.2 Å². The molecule has 4 N–H and O–H groups in total. The highest BCUT2D eigenvalue weighted by Crippen LogP contribution is 2.42. The number of ether oxygens (including phenoxy) is 1. The van der Waals surface area contributed by atoms with Crippen LogP contribution in [0, 0.1) is 23.7 Å². The van der Waals surface area contributed by atoms with Crippen LogP contribution >= 0.6 is 0 Å². The molecule has 1 aromatic heterocycles. The number of aromatic nitrogens is 2. The highest BCUT2D eigenvalue weighted by molar-refractivity contribution is 5.87. The summed E-state index contributed by atoms with van der Waals surface area (Å²) in [5, 5.41) is 19.2. The van der Waals surface area contributed by atoms with Gasteiger partial charge in [0.05, 0.1) is 18.1 Å². The first kappa shape index (κ1) is 36.4. The summed E-state index contributed by atoms with van der Waals surface area (Å²) in [6.07, 6.45) is 2.37. The number of nitrogens with zero attached hydrogens (tertiary/aromatic N) is 2. The van der Waals surface area contributed by atoms with Crippen LogP contribution in [0.4, 0.5) is 13.6 Å². The number of carboxylic acids is 1. The second-order valence-corrected chi connectivity index (χ2v) is 12.2. The molecule has 44 heavy (non-hydrogen) atoms. The van der Waals surface area contributed by atoms with E-state index in [1.54, 1.807) is 25.1 Å². The van der Waals surface area contributed by atoms with Gasteiger partial charge in [0, 0.05) is 19.0 Å². The van der Waals surface area contributed by atoms with Crippen molar-refractivity contribution in [3.8, 4) is 5.75 Å². The minimum atomic E-state index is -3.21. The maximum Gasteiger partial charge on any atom is 0.405 e. The third kappa shape index (κ3) is 11.1. The Hall–Kier alpha value is -3.77. The van der Waals surface area contributed by atoms with Crippen molar-refractivity contribution < 1.29 is 38.1 Å². The number of fused-ring (bicyclic) bond motifs is 1. The molecule has 13 heteroatoms. The highest BCUT2D eigenvalue weighted by Gasteiger charge is 2.39. The summed E-state index contributed by atoms with van der Waals surface area (Å²) in [7, 11) is 1.50. The van der Waals surface area contributed by atoms with Crippen LogP contribution in [-0.2, 0) is 15.5 Å². The molecule has 2 aliphatic rings. The van der Waals surface area contributed by atoms with E-state index in [1.807, 2.05) is 5.32 Å². The number of alkyl halides is 2. The zero-order chi connectivity index (χ0) is 33.2. The summed E-state index contributed by atoms with van der Waals surface area (Å²) < 4.78 is 33.9. The molecular weight excluding hydrogens is 578 g/mol.